The van der Waals surface area contributed by atoms with Crippen LogP contribution in [0.25, 0.3) is 11.1 Å². The molecule has 1 N–H and O–H groups in total. The fourth-order valence-corrected chi connectivity index (χ4v) is 4.07. The Kier molecular flexibility index (Phi) is 7.52. The van der Waals surface area contributed by atoms with Gasteiger partial charge in [0.05, 0.1) is 5.56 Å². The summed E-state index contributed by atoms with van der Waals surface area (Å²) in [4.78, 5) is 19.1. The van der Waals surface area contributed by atoms with Gasteiger partial charge in [-0.2, -0.15) is 0 Å². The molecule has 0 aliphatic carbocycles. The smallest absolute Gasteiger partial charge is 0.255 e. The van der Waals surface area contributed by atoms with E-state index in [4.69, 9.17) is 11.6 Å². The fourth-order valence-electron chi connectivity index (χ4n) is 3.95. The zero-order chi connectivity index (χ0) is 17.3. The first-order valence-corrected chi connectivity index (χ1v) is 9.24. The highest BCUT2D eigenvalue weighted by Gasteiger charge is 2.38. The van der Waals surface area contributed by atoms with Crippen molar-refractivity contribution in [1.82, 2.24) is 15.2 Å². The van der Waals surface area contributed by atoms with Crippen molar-refractivity contribution >= 4 is 42.3 Å². The summed E-state index contributed by atoms with van der Waals surface area (Å²) in [6.45, 7) is 3.89. The van der Waals surface area contributed by atoms with Crippen molar-refractivity contribution in [3.8, 4) is 11.1 Å². The van der Waals surface area contributed by atoms with Crippen molar-refractivity contribution in [1.29, 1.82) is 0 Å². The summed E-state index contributed by atoms with van der Waals surface area (Å²) in [6, 6.07) is 9.53. The molecule has 146 valence electrons. The van der Waals surface area contributed by atoms with Gasteiger partial charge in [-0.15, -0.1) is 24.8 Å². The van der Waals surface area contributed by atoms with Gasteiger partial charge in [0, 0.05) is 42.6 Å². The van der Waals surface area contributed by atoms with Crippen LogP contribution in [-0.2, 0) is 0 Å². The van der Waals surface area contributed by atoms with Crippen molar-refractivity contribution in [2.24, 2.45) is 5.41 Å². The number of rotatable bonds is 2. The third-order valence-corrected chi connectivity index (χ3v) is 5.86. The van der Waals surface area contributed by atoms with Gasteiger partial charge in [-0.05, 0) is 55.0 Å². The summed E-state index contributed by atoms with van der Waals surface area (Å²) >= 11 is 5.95. The molecule has 1 amide bonds. The Labute approximate surface area is 177 Å². The number of hydrogen-bond donors (Lipinski definition) is 1. The summed E-state index contributed by atoms with van der Waals surface area (Å²) < 4.78 is 0. The van der Waals surface area contributed by atoms with E-state index in [0.717, 1.165) is 50.1 Å². The van der Waals surface area contributed by atoms with Gasteiger partial charge in [-0.3, -0.25) is 9.78 Å². The molecule has 0 atom stereocenters. The van der Waals surface area contributed by atoms with Crippen LogP contribution in [0.2, 0.25) is 5.02 Å². The maximum Gasteiger partial charge on any atom is 0.255 e. The molecule has 1 aromatic heterocycles. The fraction of sp³-hybridized carbons (Fsp3) is 0.400. The molecule has 2 aliphatic rings. The standard InChI is InChI=1S/C20H22ClN3O.2ClH/c21-18-3-1-15(2-4-18)16-11-17(13-23-12-16)19(25)24-9-6-20(7-10-24)5-8-22-14-20;;/h1-4,11-13,22H,5-10,14H2;2*1H. The van der Waals surface area contributed by atoms with Crippen molar-refractivity contribution < 1.29 is 4.79 Å². The van der Waals surface area contributed by atoms with Crippen LogP contribution in [0.15, 0.2) is 42.7 Å². The number of amides is 1. The molecule has 0 saturated carbocycles. The summed E-state index contributed by atoms with van der Waals surface area (Å²) in [7, 11) is 0. The topological polar surface area (TPSA) is 45.2 Å². The Balaban J connectivity index is 0.00000131. The zero-order valence-electron chi connectivity index (χ0n) is 15.0. The molecule has 2 aliphatic heterocycles. The number of likely N-dealkylation sites (tertiary alicyclic amines) is 1. The second-order valence-corrected chi connectivity index (χ2v) is 7.62. The molecule has 27 heavy (non-hydrogen) atoms. The van der Waals surface area contributed by atoms with E-state index in [1.54, 1.807) is 12.4 Å². The van der Waals surface area contributed by atoms with Crippen LogP contribution in [0, 0.1) is 5.41 Å². The Morgan fingerprint density at radius 3 is 2.37 bits per heavy atom. The number of pyridine rings is 1. The first-order valence-electron chi connectivity index (χ1n) is 8.86. The predicted octanol–water partition coefficient (Wildman–Crippen LogP) is 4.46. The minimum Gasteiger partial charge on any atom is -0.339 e. The van der Waals surface area contributed by atoms with Crippen molar-refractivity contribution in [3.63, 3.8) is 0 Å². The van der Waals surface area contributed by atoms with Crippen molar-refractivity contribution in [2.45, 2.75) is 19.3 Å². The molecule has 0 unspecified atom stereocenters. The number of halogens is 3. The molecule has 4 nitrogen and oxygen atoms in total. The Bertz CT molecular complexity index is 766. The van der Waals surface area contributed by atoms with E-state index in [1.807, 2.05) is 35.2 Å². The quantitative estimate of drug-likeness (QED) is 0.768. The predicted molar refractivity (Wildman–Crippen MR) is 114 cm³/mol. The Morgan fingerprint density at radius 1 is 1.04 bits per heavy atom. The van der Waals surface area contributed by atoms with Gasteiger partial charge in [0.1, 0.15) is 0 Å². The third-order valence-electron chi connectivity index (χ3n) is 5.61. The normalized spacial score (nSPS) is 17.9. The largest absolute Gasteiger partial charge is 0.339 e. The lowest BCUT2D eigenvalue weighted by Crippen LogP contribution is -2.44. The maximum absolute atomic E-state index is 12.9. The minimum absolute atomic E-state index is 0. The van der Waals surface area contributed by atoms with Gasteiger partial charge >= 0.3 is 0 Å². The lowest BCUT2D eigenvalue weighted by atomic mass is 9.78. The second-order valence-electron chi connectivity index (χ2n) is 7.19. The van der Waals surface area contributed by atoms with Crippen molar-refractivity contribution in [2.75, 3.05) is 26.2 Å². The summed E-state index contributed by atoms with van der Waals surface area (Å²) in [6.07, 6.45) is 6.88. The van der Waals surface area contributed by atoms with Crippen LogP contribution in [0.1, 0.15) is 29.6 Å². The van der Waals surface area contributed by atoms with Crippen LogP contribution >= 0.6 is 36.4 Å². The van der Waals surface area contributed by atoms with Gasteiger partial charge < -0.3 is 10.2 Å². The van der Waals surface area contributed by atoms with Crippen molar-refractivity contribution in [3.05, 3.63) is 53.3 Å². The Hall–Kier alpha value is -1.33. The molecule has 4 rings (SSSR count). The molecule has 7 heteroatoms. The number of piperidine rings is 1. The van der Waals surface area contributed by atoms with Crippen LogP contribution in [0.4, 0.5) is 0 Å². The number of nitrogens with zero attached hydrogens (tertiary/aromatic N) is 2. The molecule has 0 bridgehead atoms. The molecule has 2 aromatic rings. The van der Waals surface area contributed by atoms with Gasteiger partial charge in [-0.25, -0.2) is 0 Å². The van der Waals surface area contributed by atoms with Crippen LogP contribution < -0.4 is 5.32 Å². The molecule has 1 aromatic carbocycles. The lowest BCUT2D eigenvalue weighted by Gasteiger charge is -2.38. The molecule has 0 radical (unpaired) electrons. The highest BCUT2D eigenvalue weighted by Crippen LogP contribution is 2.37. The van der Waals surface area contributed by atoms with E-state index in [9.17, 15) is 4.79 Å². The third kappa shape index (κ3) is 4.75. The number of carbonyl (C=O) groups excluding carboxylic acids is 1. The minimum atomic E-state index is 0. The SMILES string of the molecule is Cl.Cl.O=C(c1cncc(-c2ccc(Cl)cc2)c1)N1CCC2(CCNC2)CC1. The van der Waals surface area contributed by atoms with E-state index in [0.29, 0.717) is 16.0 Å². The molecule has 2 saturated heterocycles. The number of carbonyl (C=O) groups is 1. The van der Waals surface area contributed by atoms with Crippen LogP contribution in [0.5, 0.6) is 0 Å². The molecule has 2 fully saturated rings. The Morgan fingerprint density at radius 2 is 1.74 bits per heavy atom. The van der Waals surface area contributed by atoms with Gasteiger partial charge in [0.25, 0.3) is 5.91 Å². The van der Waals surface area contributed by atoms with Gasteiger partial charge in [0.2, 0.25) is 0 Å². The average molecular weight is 429 g/mol. The van der Waals surface area contributed by atoms with E-state index >= 15 is 0 Å². The highest BCUT2D eigenvalue weighted by molar-refractivity contribution is 6.30. The van der Waals surface area contributed by atoms with E-state index in [-0.39, 0.29) is 30.7 Å². The first-order chi connectivity index (χ1) is 12.2. The van der Waals surface area contributed by atoms with Crippen LogP contribution in [-0.4, -0.2) is 42.0 Å². The summed E-state index contributed by atoms with van der Waals surface area (Å²) in [5.74, 6) is 0.0871. The van der Waals surface area contributed by atoms with E-state index in [2.05, 4.69) is 10.3 Å². The van der Waals surface area contributed by atoms with Crippen LogP contribution in [0.3, 0.4) is 0 Å². The molecule has 3 heterocycles. The highest BCUT2D eigenvalue weighted by atomic mass is 35.5. The number of nitrogens with one attached hydrogen (secondary N) is 1. The number of aromatic nitrogens is 1. The number of benzene rings is 1. The zero-order valence-corrected chi connectivity index (χ0v) is 17.4. The lowest BCUT2D eigenvalue weighted by molar-refractivity contribution is 0.0607. The molecular formula is C20H24Cl3N3O. The van der Waals surface area contributed by atoms with Gasteiger partial charge in [-0.1, -0.05) is 23.7 Å². The second kappa shape index (κ2) is 9.24. The van der Waals surface area contributed by atoms with Gasteiger partial charge in [0.15, 0.2) is 0 Å². The number of hydrogen-bond acceptors (Lipinski definition) is 3. The summed E-state index contributed by atoms with van der Waals surface area (Å²) in [5.41, 5.74) is 3.03. The maximum atomic E-state index is 12.9. The first kappa shape index (κ1) is 22.0. The molecular weight excluding hydrogens is 405 g/mol. The molecule has 1 spiro atoms. The summed E-state index contributed by atoms with van der Waals surface area (Å²) in [5, 5.41) is 4.17. The monoisotopic (exact) mass is 427 g/mol. The van der Waals surface area contributed by atoms with E-state index in [1.165, 1.54) is 6.42 Å². The average Bonchev–Trinajstić information content (AvgIpc) is 3.10. The van der Waals surface area contributed by atoms with E-state index < -0.39 is 0 Å².